The number of esters is 1. The average molecular weight is 217 g/mol. The number of nitrogens with zero attached hydrogens (tertiary/aromatic N) is 3. The number of hydrogen-bond donors (Lipinski definition) is 0. The van der Waals surface area contributed by atoms with E-state index in [9.17, 15) is 4.79 Å². The third kappa shape index (κ3) is 1.79. The zero-order chi connectivity index (χ0) is 11.5. The van der Waals surface area contributed by atoms with Gasteiger partial charge in [0.05, 0.1) is 12.7 Å². The molecule has 2 aromatic heterocycles. The fourth-order valence-electron chi connectivity index (χ4n) is 1.43. The lowest BCUT2D eigenvalue weighted by Gasteiger charge is -2.03. The summed E-state index contributed by atoms with van der Waals surface area (Å²) >= 11 is 0. The van der Waals surface area contributed by atoms with Crippen LogP contribution in [-0.4, -0.2) is 27.8 Å². The van der Waals surface area contributed by atoms with Gasteiger partial charge >= 0.3 is 5.97 Å². The number of aryl methyl sites for hydroxylation is 1. The van der Waals surface area contributed by atoms with E-state index in [1.54, 1.807) is 35.3 Å². The van der Waals surface area contributed by atoms with Crippen molar-refractivity contribution in [2.75, 3.05) is 7.11 Å². The Morgan fingerprint density at radius 2 is 2.25 bits per heavy atom. The van der Waals surface area contributed by atoms with Crippen molar-refractivity contribution in [3.63, 3.8) is 0 Å². The SMILES string of the molecule is COC(=O)c1cccnc1-c1ccn(C)n1. The van der Waals surface area contributed by atoms with Gasteiger partial charge in [0.2, 0.25) is 0 Å². The molecule has 0 saturated carbocycles. The summed E-state index contributed by atoms with van der Waals surface area (Å²) in [7, 11) is 3.15. The topological polar surface area (TPSA) is 57.0 Å². The summed E-state index contributed by atoms with van der Waals surface area (Å²) in [6.45, 7) is 0. The molecule has 0 atom stereocenters. The van der Waals surface area contributed by atoms with Gasteiger partial charge in [0.1, 0.15) is 11.4 Å². The minimum Gasteiger partial charge on any atom is -0.465 e. The molecular weight excluding hydrogens is 206 g/mol. The van der Waals surface area contributed by atoms with Crippen molar-refractivity contribution in [2.24, 2.45) is 7.05 Å². The molecule has 16 heavy (non-hydrogen) atoms. The van der Waals surface area contributed by atoms with Crippen LogP contribution in [0.5, 0.6) is 0 Å². The van der Waals surface area contributed by atoms with E-state index in [4.69, 9.17) is 4.74 Å². The Kier molecular flexibility index (Phi) is 2.68. The molecule has 5 nitrogen and oxygen atoms in total. The quantitative estimate of drug-likeness (QED) is 0.711. The molecule has 5 heteroatoms. The maximum atomic E-state index is 11.5. The van der Waals surface area contributed by atoms with Gasteiger partial charge in [-0.25, -0.2) is 4.79 Å². The van der Waals surface area contributed by atoms with Gasteiger partial charge in [-0.15, -0.1) is 0 Å². The Morgan fingerprint density at radius 1 is 1.44 bits per heavy atom. The first-order valence-corrected chi connectivity index (χ1v) is 4.75. The second kappa shape index (κ2) is 4.14. The van der Waals surface area contributed by atoms with E-state index in [2.05, 4.69) is 10.1 Å². The lowest BCUT2D eigenvalue weighted by atomic mass is 10.1. The van der Waals surface area contributed by atoms with Crippen LogP contribution in [0, 0.1) is 0 Å². The van der Waals surface area contributed by atoms with Gasteiger partial charge in [0, 0.05) is 19.4 Å². The summed E-state index contributed by atoms with van der Waals surface area (Å²) in [4.78, 5) is 15.7. The predicted octanol–water partition coefficient (Wildman–Crippen LogP) is 1.27. The summed E-state index contributed by atoms with van der Waals surface area (Å²) in [6, 6.07) is 5.16. The Morgan fingerprint density at radius 3 is 2.88 bits per heavy atom. The molecule has 0 unspecified atom stereocenters. The number of hydrogen-bond acceptors (Lipinski definition) is 4. The summed E-state index contributed by atoms with van der Waals surface area (Å²) in [6.07, 6.45) is 3.42. The zero-order valence-corrected chi connectivity index (χ0v) is 9.04. The highest BCUT2D eigenvalue weighted by Crippen LogP contribution is 2.19. The summed E-state index contributed by atoms with van der Waals surface area (Å²) in [5.41, 5.74) is 1.61. The molecule has 0 aliphatic heterocycles. The smallest absolute Gasteiger partial charge is 0.340 e. The van der Waals surface area contributed by atoms with E-state index < -0.39 is 5.97 Å². The van der Waals surface area contributed by atoms with E-state index >= 15 is 0 Å². The largest absolute Gasteiger partial charge is 0.465 e. The van der Waals surface area contributed by atoms with Crippen LogP contribution in [-0.2, 0) is 11.8 Å². The third-order valence-corrected chi connectivity index (χ3v) is 2.17. The molecule has 82 valence electrons. The van der Waals surface area contributed by atoms with Crippen LogP contribution in [0.3, 0.4) is 0 Å². The Bertz CT molecular complexity index is 519. The van der Waals surface area contributed by atoms with E-state index in [-0.39, 0.29) is 0 Å². The Labute approximate surface area is 92.7 Å². The maximum absolute atomic E-state index is 11.5. The molecule has 0 spiro atoms. The molecule has 0 N–H and O–H groups in total. The monoisotopic (exact) mass is 217 g/mol. The van der Waals surface area contributed by atoms with Crippen LogP contribution in [0.15, 0.2) is 30.6 Å². The van der Waals surface area contributed by atoms with Crippen molar-refractivity contribution in [1.29, 1.82) is 0 Å². The lowest BCUT2D eigenvalue weighted by Crippen LogP contribution is -2.05. The van der Waals surface area contributed by atoms with Crippen molar-refractivity contribution >= 4 is 5.97 Å². The highest BCUT2D eigenvalue weighted by molar-refractivity contribution is 5.95. The van der Waals surface area contributed by atoms with Gasteiger partial charge in [-0.3, -0.25) is 9.67 Å². The first kappa shape index (κ1) is 10.4. The van der Waals surface area contributed by atoms with Gasteiger partial charge in [-0.1, -0.05) is 0 Å². The van der Waals surface area contributed by atoms with Crippen LogP contribution < -0.4 is 0 Å². The molecule has 0 bridgehead atoms. The maximum Gasteiger partial charge on any atom is 0.340 e. The molecular formula is C11H11N3O2. The van der Waals surface area contributed by atoms with Crippen molar-refractivity contribution in [3.8, 4) is 11.4 Å². The van der Waals surface area contributed by atoms with Crippen molar-refractivity contribution in [3.05, 3.63) is 36.2 Å². The van der Waals surface area contributed by atoms with Gasteiger partial charge in [-0.2, -0.15) is 5.10 Å². The molecule has 2 aromatic rings. The first-order chi connectivity index (χ1) is 7.72. The molecule has 2 heterocycles. The van der Waals surface area contributed by atoms with Gasteiger partial charge in [-0.05, 0) is 18.2 Å². The van der Waals surface area contributed by atoms with Crippen LogP contribution in [0.2, 0.25) is 0 Å². The van der Waals surface area contributed by atoms with Crippen molar-refractivity contribution in [2.45, 2.75) is 0 Å². The lowest BCUT2D eigenvalue weighted by molar-refractivity contribution is 0.0601. The van der Waals surface area contributed by atoms with Crippen molar-refractivity contribution < 1.29 is 9.53 Å². The highest BCUT2D eigenvalue weighted by Gasteiger charge is 2.15. The molecule has 0 aliphatic rings. The normalized spacial score (nSPS) is 10.1. The minimum atomic E-state index is -0.409. The molecule has 0 fully saturated rings. The van der Waals surface area contributed by atoms with Gasteiger partial charge < -0.3 is 4.74 Å². The minimum absolute atomic E-state index is 0.409. The fourth-order valence-corrected chi connectivity index (χ4v) is 1.43. The second-order valence-electron chi connectivity index (χ2n) is 3.27. The molecule has 0 saturated heterocycles. The third-order valence-electron chi connectivity index (χ3n) is 2.17. The number of aromatic nitrogens is 3. The van der Waals surface area contributed by atoms with Gasteiger partial charge in [0.15, 0.2) is 0 Å². The summed E-state index contributed by atoms with van der Waals surface area (Å²) in [5, 5.41) is 4.20. The van der Waals surface area contributed by atoms with E-state index in [0.29, 0.717) is 17.0 Å². The van der Waals surface area contributed by atoms with Crippen LogP contribution >= 0.6 is 0 Å². The van der Waals surface area contributed by atoms with E-state index in [1.165, 1.54) is 7.11 Å². The molecule has 0 aromatic carbocycles. The number of pyridine rings is 1. The fraction of sp³-hybridized carbons (Fsp3) is 0.182. The molecule has 2 rings (SSSR count). The standard InChI is InChI=1S/C11H11N3O2/c1-14-7-5-9(13-14)10-8(11(15)16-2)4-3-6-12-10/h3-7H,1-2H3. The number of carbonyl (C=O) groups excluding carboxylic acids is 1. The van der Waals surface area contributed by atoms with E-state index in [0.717, 1.165) is 0 Å². The molecule has 0 radical (unpaired) electrons. The second-order valence-corrected chi connectivity index (χ2v) is 3.27. The van der Waals surface area contributed by atoms with Crippen molar-refractivity contribution in [1.82, 2.24) is 14.8 Å². The average Bonchev–Trinajstić information content (AvgIpc) is 2.75. The first-order valence-electron chi connectivity index (χ1n) is 4.75. The molecule has 0 amide bonds. The number of ether oxygens (including phenoxy) is 1. The highest BCUT2D eigenvalue weighted by atomic mass is 16.5. The zero-order valence-electron chi connectivity index (χ0n) is 9.04. The van der Waals surface area contributed by atoms with Gasteiger partial charge in [0.25, 0.3) is 0 Å². The number of methoxy groups -OCH3 is 1. The predicted molar refractivity (Wildman–Crippen MR) is 57.8 cm³/mol. The van der Waals surface area contributed by atoms with E-state index in [1.807, 2.05) is 7.05 Å². The number of rotatable bonds is 2. The molecule has 0 aliphatic carbocycles. The summed E-state index contributed by atoms with van der Waals surface area (Å²) in [5.74, 6) is -0.409. The van der Waals surface area contributed by atoms with Crippen LogP contribution in [0.25, 0.3) is 11.4 Å². The van der Waals surface area contributed by atoms with Crippen LogP contribution in [0.4, 0.5) is 0 Å². The summed E-state index contributed by atoms with van der Waals surface area (Å²) < 4.78 is 6.35. The Balaban J connectivity index is 2.52. The van der Waals surface area contributed by atoms with Crippen LogP contribution in [0.1, 0.15) is 10.4 Å². The Hall–Kier alpha value is -2.17. The number of carbonyl (C=O) groups is 1.